The number of hydrogen-bond donors (Lipinski definition) is 0. The third-order valence-corrected chi connectivity index (χ3v) is 1.44. The van der Waals surface area contributed by atoms with Crippen molar-refractivity contribution in [1.82, 2.24) is 4.98 Å². The number of ether oxygens (including phenoxy) is 1. The zero-order valence-electron chi connectivity index (χ0n) is 7.28. The molecule has 0 fully saturated rings. The van der Waals surface area contributed by atoms with Crippen LogP contribution in [0.2, 0.25) is 0 Å². The minimum absolute atomic E-state index is 0.320. The number of aromatic nitrogens is 1. The van der Waals surface area contributed by atoms with E-state index in [2.05, 4.69) is 10.9 Å². The van der Waals surface area contributed by atoms with Crippen LogP contribution in [0.3, 0.4) is 0 Å². The number of rotatable bonds is 2. The van der Waals surface area contributed by atoms with Gasteiger partial charge in [0, 0.05) is 6.20 Å². The number of hydrogen-bond acceptors (Lipinski definition) is 3. The predicted octanol–water partition coefficient (Wildman–Crippen LogP) is 1.24. The molecule has 0 aliphatic carbocycles. The Labute approximate surface area is 76.8 Å². The van der Waals surface area contributed by atoms with Gasteiger partial charge in [-0.25, -0.2) is 9.78 Å². The van der Waals surface area contributed by atoms with Crippen LogP contribution in [-0.2, 0) is 4.74 Å². The molecule has 0 spiro atoms. The van der Waals surface area contributed by atoms with E-state index in [1.165, 1.54) is 6.20 Å². The number of terminal acetylenes is 1. The lowest BCUT2D eigenvalue weighted by Gasteiger charge is -2.02. The quantitative estimate of drug-likeness (QED) is 0.501. The Morgan fingerprint density at radius 2 is 2.54 bits per heavy atom. The highest BCUT2D eigenvalue weighted by molar-refractivity contribution is 5.91. The van der Waals surface area contributed by atoms with Crippen molar-refractivity contribution in [3.05, 3.63) is 29.6 Å². The van der Waals surface area contributed by atoms with Crippen LogP contribution in [-0.4, -0.2) is 17.6 Å². The zero-order chi connectivity index (χ0) is 9.68. The Morgan fingerprint density at radius 3 is 3.15 bits per heavy atom. The van der Waals surface area contributed by atoms with Crippen molar-refractivity contribution in [2.45, 2.75) is 6.92 Å². The maximum atomic E-state index is 11.3. The summed E-state index contributed by atoms with van der Waals surface area (Å²) in [7, 11) is 0. The molecule has 3 heteroatoms. The molecule has 1 aromatic heterocycles. The molecule has 0 atom stereocenters. The van der Waals surface area contributed by atoms with E-state index in [0.717, 1.165) is 0 Å². The summed E-state index contributed by atoms with van der Waals surface area (Å²) in [5.41, 5.74) is 0.660. The van der Waals surface area contributed by atoms with Gasteiger partial charge in [0.05, 0.1) is 12.2 Å². The van der Waals surface area contributed by atoms with E-state index in [0.29, 0.717) is 17.9 Å². The number of carbonyl (C=O) groups excluding carboxylic acids is 1. The molecule has 0 N–H and O–H groups in total. The standard InChI is InChI=1S/C10H9NO2/c1-3-9-8(6-5-7-11-9)10(12)13-4-2/h1,5-7H,4H2,2H3. The van der Waals surface area contributed by atoms with Gasteiger partial charge in [0.2, 0.25) is 0 Å². The smallest absolute Gasteiger partial charge is 0.341 e. The van der Waals surface area contributed by atoms with Gasteiger partial charge in [-0.2, -0.15) is 0 Å². The lowest BCUT2D eigenvalue weighted by molar-refractivity contribution is 0.0525. The zero-order valence-corrected chi connectivity index (χ0v) is 7.28. The lowest BCUT2D eigenvalue weighted by Crippen LogP contribution is -2.07. The van der Waals surface area contributed by atoms with Gasteiger partial charge in [-0.05, 0) is 25.0 Å². The van der Waals surface area contributed by atoms with E-state index in [1.807, 2.05) is 0 Å². The second-order valence-electron chi connectivity index (χ2n) is 2.26. The third kappa shape index (κ3) is 2.06. The Morgan fingerprint density at radius 1 is 1.77 bits per heavy atom. The molecule has 0 saturated carbocycles. The van der Waals surface area contributed by atoms with Crippen LogP contribution >= 0.6 is 0 Å². The van der Waals surface area contributed by atoms with Crippen LogP contribution in [0.15, 0.2) is 18.3 Å². The molecule has 0 aliphatic heterocycles. The molecule has 0 aliphatic rings. The summed E-state index contributed by atoms with van der Waals surface area (Å²) in [6.45, 7) is 2.07. The second kappa shape index (κ2) is 4.27. The normalized spacial score (nSPS) is 8.92. The van der Waals surface area contributed by atoms with Gasteiger partial charge in [0.1, 0.15) is 5.69 Å². The molecule has 0 saturated heterocycles. The molecule has 1 rings (SSSR count). The van der Waals surface area contributed by atoms with Crippen molar-refractivity contribution in [2.24, 2.45) is 0 Å². The summed E-state index contributed by atoms with van der Waals surface area (Å²) in [5.74, 6) is 1.90. The van der Waals surface area contributed by atoms with Crippen molar-refractivity contribution in [3.8, 4) is 12.3 Å². The van der Waals surface area contributed by atoms with E-state index < -0.39 is 5.97 Å². The van der Waals surface area contributed by atoms with Gasteiger partial charge in [0.25, 0.3) is 0 Å². The Hall–Kier alpha value is -1.82. The van der Waals surface area contributed by atoms with E-state index in [4.69, 9.17) is 11.2 Å². The number of nitrogens with zero attached hydrogens (tertiary/aromatic N) is 1. The third-order valence-electron chi connectivity index (χ3n) is 1.44. The number of carbonyl (C=O) groups is 1. The SMILES string of the molecule is C#Cc1ncccc1C(=O)OCC. The van der Waals surface area contributed by atoms with E-state index >= 15 is 0 Å². The molecule has 0 bridgehead atoms. The second-order valence-corrected chi connectivity index (χ2v) is 2.26. The summed E-state index contributed by atoms with van der Waals surface area (Å²) in [5, 5.41) is 0. The van der Waals surface area contributed by atoms with Crippen LogP contribution in [0.25, 0.3) is 0 Å². The molecule has 0 aromatic carbocycles. The summed E-state index contributed by atoms with van der Waals surface area (Å²) in [6, 6.07) is 3.24. The number of esters is 1. The molecule has 1 heterocycles. The predicted molar refractivity (Wildman–Crippen MR) is 48.1 cm³/mol. The lowest BCUT2D eigenvalue weighted by atomic mass is 10.2. The van der Waals surface area contributed by atoms with E-state index in [9.17, 15) is 4.79 Å². The Kier molecular flexibility index (Phi) is 3.04. The Balaban J connectivity index is 3.01. The molecule has 0 radical (unpaired) electrons. The summed E-state index contributed by atoms with van der Waals surface area (Å²) in [4.78, 5) is 15.1. The molecule has 13 heavy (non-hydrogen) atoms. The summed E-state index contributed by atoms with van der Waals surface area (Å²) >= 11 is 0. The fourth-order valence-corrected chi connectivity index (χ4v) is 0.894. The van der Waals surface area contributed by atoms with Gasteiger partial charge in [0.15, 0.2) is 0 Å². The molecule has 3 nitrogen and oxygen atoms in total. The molecule has 0 unspecified atom stereocenters. The average molecular weight is 175 g/mol. The first kappa shape index (κ1) is 9.27. The maximum Gasteiger partial charge on any atom is 0.341 e. The molecule has 0 amide bonds. The van der Waals surface area contributed by atoms with Crippen LogP contribution in [0.5, 0.6) is 0 Å². The van der Waals surface area contributed by atoms with Crippen LogP contribution in [0, 0.1) is 12.3 Å². The summed E-state index contributed by atoms with van der Waals surface area (Å²) in [6.07, 6.45) is 6.70. The molecular formula is C10H9NO2. The first-order valence-electron chi connectivity index (χ1n) is 3.88. The molecular weight excluding hydrogens is 166 g/mol. The van der Waals surface area contributed by atoms with Crippen molar-refractivity contribution < 1.29 is 9.53 Å². The monoisotopic (exact) mass is 175 g/mol. The van der Waals surface area contributed by atoms with E-state index in [-0.39, 0.29) is 0 Å². The van der Waals surface area contributed by atoms with Gasteiger partial charge in [-0.3, -0.25) is 0 Å². The fourth-order valence-electron chi connectivity index (χ4n) is 0.894. The van der Waals surface area contributed by atoms with Crippen molar-refractivity contribution >= 4 is 5.97 Å². The van der Waals surface area contributed by atoms with Crippen LogP contribution in [0.4, 0.5) is 0 Å². The molecule has 1 aromatic rings. The van der Waals surface area contributed by atoms with Gasteiger partial charge in [-0.1, -0.05) is 0 Å². The van der Waals surface area contributed by atoms with Crippen molar-refractivity contribution in [1.29, 1.82) is 0 Å². The summed E-state index contributed by atoms with van der Waals surface area (Å²) < 4.78 is 4.80. The highest BCUT2D eigenvalue weighted by Crippen LogP contribution is 2.05. The van der Waals surface area contributed by atoms with Gasteiger partial charge < -0.3 is 4.74 Å². The average Bonchev–Trinajstić information content (AvgIpc) is 2.18. The van der Waals surface area contributed by atoms with Crippen molar-refractivity contribution in [2.75, 3.05) is 6.61 Å². The fraction of sp³-hybridized carbons (Fsp3) is 0.200. The maximum absolute atomic E-state index is 11.3. The topological polar surface area (TPSA) is 39.2 Å². The number of pyridine rings is 1. The highest BCUT2D eigenvalue weighted by Gasteiger charge is 2.10. The highest BCUT2D eigenvalue weighted by atomic mass is 16.5. The molecule has 66 valence electrons. The minimum Gasteiger partial charge on any atom is -0.462 e. The van der Waals surface area contributed by atoms with Gasteiger partial charge in [-0.15, -0.1) is 6.42 Å². The Bertz CT molecular complexity index is 352. The van der Waals surface area contributed by atoms with Crippen LogP contribution in [0.1, 0.15) is 23.0 Å². The minimum atomic E-state index is -0.427. The van der Waals surface area contributed by atoms with Crippen LogP contribution < -0.4 is 0 Å². The van der Waals surface area contributed by atoms with E-state index in [1.54, 1.807) is 19.1 Å². The first-order chi connectivity index (χ1) is 6.29. The van der Waals surface area contributed by atoms with Gasteiger partial charge >= 0.3 is 5.97 Å². The largest absolute Gasteiger partial charge is 0.462 e. The van der Waals surface area contributed by atoms with Crippen molar-refractivity contribution in [3.63, 3.8) is 0 Å². The first-order valence-corrected chi connectivity index (χ1v) is 3.88.